The van der Waals surface area contributed by atoms with E-state index < -0.39 is 0 Å². The lowest BCUT2D eigenvalue weighted by atomic mass is 9.74. The van der Waals surface area contributed by atoms with Crippen LogP contribution in [0, 0.1) is 23.7 Å². The molecular formula is C22H42O3. The van der Waals surface area contributed by atoms with Crippen LogP contribution in [0.15, 0.2) is 0 Å². The van der Waals surface area contributed by atoms with Crippen molar-refractivity contribution in [3.8, 4) is 0 Å². The van der Waals surface area contributed by atoms with Crippen LogP contribution in [-0.4, -0.2) is 18.4 Å². The van der Waals surface area contributed by atoms with Gasteiger partial charge in [0.25, 0.3) is 0 Å². The maximum absolute atomic E-state index is 12.7. The lowest BCUT2D eigenvalue weighted by Gasteiger charge is -2.30. The molecule has 0 aliphatic rings. The van der Waals surface area contributed by atoms with Crippen LogP contribution in [0.5, 0.6) is 0 Å². The van der Waals surface area contributed by atoms with E-state index in [1.54, 1.807) is 0 Å². The Hall–Kier alpha value is -0.860. The molecule has 0 rings (SSSR count). The van der Waals surface area contributed by atoms with Crippen LogP contribution >= 0.6 is 0 Å². The van der Waals surface area contributed by atoms with E-state index in [1.165, 1.54) is 25.7 Å². The molecule has 0 saturated carbocycles. The molecule has 148 valence electrons. The van der Waals surface area contributed by atoms with Crippen molar-refractivity contribution in [3.05, 3.63) is 0 Å². The molecule has 0 aromatic carbocycles. The van der Waals surface area contributed by atoms with Crippen molar-refractivity contribution in [1.29, 1.82) is 0 Å². The maximum Gasteiger partial charge on any atom is 0.309 e. The number of Topliss-reactive ketones (excluding diaryl/α,β-unsaturated/α-hetero) is 1. The third-order valence-electron chi connectivity index (χ3n) is 4.99. The summed E-state index contributed by atoms with van der Waals surface area (Å²) >= 11 is 0. The van der Waals surface area contributed by atoms with Crippen LogP contribution in [0.1, 0.15) is 99.3 Å². The minimum atomic E-state index is -0.315. The van der Waals surface area contributed by atoms with Crippen molar-refractivity contribution in [2.75, 3.05) is 6.61 Å². The molecule has 0 heterocycles. The molecule has 0 bridgehead atoms. The Kier molecular flexibility index (Phi) is 13.8. The minimum absolute atomic E-state index is 0.120. The van der Waals surface area contributed by atoms with E-state index in [2.05, 4.69) is 13.8 Å². The van der Waals surface area contributed by atoms with Gasteiger partial charge < -0.3 is 4.74 Å². The molecule has 0 saturated heterocycles. The maximum atomic E-state index is 12.7. The van der Waals surface area contributed by atoms with Crippen LogP contribution in [0.4, 0.5) is 0 Å². The third kappa shape index (κ3) is 10.0. The fraction of sp³-hybridized carbons (Fsp3) is 0.909. The Morgan fingerprint density at radius 3 is 1.76 bits per heavy atom. The van der Waals surface area contributed by atoms with Crippen molar-refractivity contribution in [2.24, 2.45) is 23.7 Å². The van der Waals surface area contributed by atoms with Gasteiger partial charge in [0.15, 0.2) is 0 Å². The lowest BCUT2D eigenvalue weighted by Crippen LogP contribution is -2.38. The summed E-state index contributed by atoms with van der Waals surface area (Å²) in [5, 5.41) is 0. The second-order valence-corrected chi connectivity index (χ2v) is 8.04. The van der Waals surface area contributed by atoms with Crippen LogP contribution in [0.25, 0.3) is 0 Å². The first-order valence-electron chi connectivity index (χ1n) is 10.6. The highest BCUT2D eigenvalue weighted by atomic mass is 16.5. The number of ketones is 1. The molecule has 0 N–H and O–H groups in total. The van der Waals surface area contributed by atoms with Crippen molar-refractivity contribution in [2.45, 2.75) is 99.3 Å². The van der Waals surface area contributed by atoms with Crippen molar-refractivity contribution in [1.82, 2.24) is 0 Å². The number of carbonyl (C=O) groups is 2. The normalized spacial score (nSPS) is 13.9. The first-order valence-corrected chi connectivity index (χ1v) is 10.6. The molecular weight excluding hydrogens is 312 g/mol. The van der Waals surface area contributed by atoms with E-state index >= 15 is 0 Å². The van der Waals surface area contributed by atoms with E-state index in [4.69, 9.17) is 4.74 Å². The topological polar surface area (TPSA) is 43.4 Å². The van der Waals surface area contributed by atoms with E-state index in [0.29, 0.717) is 13.0 Å². The molecule has 2 unspecified atom stereocenters. The summed E-state index contributed by atoms with van der Waals surface area (Å²) in [6.45, 7) is 12.9. The summed E-state index contributed by atoms with van der Waals surface area (Å²) in [5.41, 5.74) is 0. The highest BCUT2D eigenvalue weighted by Crippen LogP contribution is 2.31. The zero-order valence-electron chi connectivity index (χ0n) is 17.6. The Bertz CT molecular complexity index is 360. The summed E-state index contributed by atoms with van der Waals surface area (Å²) in [6.07, 6.45) is 9.53. The molecule has 0 fully saturated rings. The van der Waals surface area contributed by atoms with Gasteiger partial charge in [0, 0.05) is 12.3 Å². The summed E-state index contributed by atoms with van der Waals surface area (Å²) in [4.78, 5) is 25.3. The van der Waals surface area contributed by atoms with Gasteiger partial charge in [-0.15, -0.1) is 0 Å². The van der Waals surface area contributed by atoms with Gasteiger partial charge >= 0.3 is 5.97 Å². The third-order valence-corrected chi connectivity index (χ3v) is 4.99. The van der Waals surface area contributed by atoms with Crippen LogP contribution in [-0.2, 0) is 14.3 Å². The van der Waals surface area contributed by atoms with Crippen molar-refractivity contribution < 1.29 is 14.3 Å². The lowest BCUT2D eigenvalue weighted by molar-refractivity contribution is -0.156. The van der Waals surface area contributed by atoms with E-state index in [1.807, 2.05) is 27.7 Å². The second kappa shape index (κ2) is 14.3. The summed E-state index contributed by atoms with van der Waals surface area (Å²) in [5.74, 6) is -0.194. The van der Waals surface area contributed by atoms with Gasteiger partial charge in [-0.3, -0.25) is 9.59 Å². The fourth-order valence-corrected chi connectivity index (χ4v) is 3.49. The number of rotatable bonds is 15. The first kappa shape index (κ1) is 24.1. The molecule has 0 amide bonds. The van der Waals surface area contributed by atoms with E-state index in [9.17, 15) is 9.59 Å². The average molecular weight is 355 g/mol. The monoisotopic (exact) mass is 354 g/mol. The van der Waals surface area contributed by atoms with Gasteiger partial charge in [-0.25, -0.2) is 0 Å². The number of ether oxygens (including phenoxy) is 1. The average Bonchev–Trinajstić information content (AvgIpc) is 2.55. The van der Waals surface area contributed by atoms with Crippen LogP contribution in [0.3, 0.4) is 0 Å². The first-order chi connectivity index (χ1) is 11.9. The van der Waals surface area contributed by atoms with Gasteiger partial charge in [-0.1, -0.05) is 80.1 Å². The number of esters is 1. The number of carbonyl (C=O) groups excluding carboxylic acids is 2. The number of hydrogen-bond donors (Lipinski definition) is 0. The number of hydrogen-bond acceptors (Lipinski definition) is 3. The van der Waals surface area contributed by atoms with Crippen molar-refractivity contribution in [3.63, 3.8) is 0 Å². The largest absolute Gasteiger partial charge is 0.465 e. The Morgan fingerprint density at radius 2 is 1.24 bits per heavy atom. The van der Waals surface area contributed by atoms with E-state index in [0.717, 1.165) is 25.7 Å². The smallest absolute Gasteiger partial charge is 0.309 e. The second-order valence-electron chi connectivity index (χ2n) is 8.04. The predicted octanol–water partition coefficient (Wildman–Crippen LogP) is 6.19. The van der Waals surface area contributed by atoms with E-state index in [-0.39, 0.29) is 35.4 Å². The molecule has 3 heteroatoms. The quantitative estimate of drug-likeness (QED) is 0.260. The number of unbranched alkanes of at least 4 members (excludes halogenated alkanes) is 6. The van der Waals surface area contributed by atoms with Gasteiger partial charge in [0.1, 0.15) is 5.78 Å². The SMILES string of the molecule is CCCCCCCCOC(=O)C(C(C)C)C(C(=O)CCCC)C(C)C. The summed E-state index contributed by atoms with van der Waals surface area (Å²) < 4.78 is 5.57. The van der Waals surface area contributed by atoms with Gasteiger partial charge in [-0.05, 0) is 24.7 Å². The molecule has 2 atom stereocenters. The zero-order chi connectivity index (χ0) is 19.2. The molecule has 3 nitrogen and oxygen atoms in total. The minimum Gasteiger partial charge on any atom is -0.465 e. The fourth-order valence-electron chi connectivity index (χ4n) is 3.49. The van der Waals surface area contributed by atoms with Crippen molar-refractivity contribution >= 4 is 11.8 Å². The Balaban J connectivity index is 4.60. The molecule has 0 aromatic rings. The molecule has 0 aliphatic carbocycles. The summed E-state index contributed by atoms with van der Waals surface area (Å²) in [7, 11) is 0. The predicted molar refractivity (Wildman–Crippen MR) is 106 cm³/mol. The summed E-state index contributed by atoms with van der Waals surface area (Å²) in [6, 6.07) is 0. The highest BCUT2D eigenvalue weighted by Gasteiger charge is 2.38. The molecule has 0 spiro atoms. The molecule has 25 heavy (non-hydrogen) atoms. The Labute approximate surface area is 156 Å². The Morgan fingerprint density at radius 1 is 0.720 bits per heavy atom. The molecule has 0 radical (unpaired) electrons. The van der Waals surface area contributed by atoms with Gasteiger partial charge in [0.05, 0.1) is 12.5 Å². The van der Waals surface area contributed by atoms with Crippen LogP contribution < -0.4 is 0 Å². The van der Waals surface area contributed by atoms with Gasteiger partial charge in [0.2, 0.25) is 0 Å². The standard InChI is InChI=1S/C22H42O3/c1-7-9-11-12-13-14-16-25-22(24)21(18(5)6)20(17(3)4)19(23)15-10-8-2/h17-18,20-21H,7-16H2,1-6H3. The highest BCUT2D eigenvalue weighted by molar-refractivity contribution is 5.87. The van der Waals surface area contributed by atoms with Crippen LogP contribution in [0.2, 0.25) is 0 Å². The molecule has 0 aromatic heterocycles. The zero-order valence-corrected chi connectivity index (χ0v) is 17.6. The molecule has 0 aliphatic heterocycles. The van der Waals surface area contributed by atoms with Gasteiger partial charge in [-0.2, -0.15) is 0 Å².